The van der Waals surface area contributed by atoms with Crippen LogP contribution in [0.15, 0.2) is 36.4 Å². The number of anilines is 1. The van der Waals surface area contributed by atoms with Crippen molar-refractivity contribution >= 4 is 43.0 Å². The van der Waals surface area contributed by atoms with Crippen molar-refractivity contribution in [1.82, 2.24) is 15.6 Å². The van der Waals surface area contributed by atoms with E-state index in [1.165, 1.54) is 6.07 Å². The van der Waals surface area contributed by atoms with Gasteiger partial charge >= 0.3 is 0 Å². The Hall–Kier alpha value is -1.15. The topological polar surface area (TPSA) is 72.2 Å². The zero-order valence-corrected chi connectivity index (χ0v) is 19.6. The number of nitrogens with two attached hydrogens (primary N) is 1. The molecule has 0 unspecified atom stereocenters. The zero-order chi connectivity index (χ0) is 19.1. The molecule has 2 aromatic rings. The van der Waals surface area contributed by atoms with Gasteiger partial charge in [-0.15, -0.1) is 37.2 Å². The zero-order valence-electron chi connectivity index (χ0n) is 17.1. The van der Waals surface area contributed by atoms with Crippen LogP contribution in [-0.2, 0) is 17.6 Å². The van der Waals surface area contributed by atoms with Crippen molar-refractivity contribution in [3.05, 3.63) is 59.0 Å². The number of halogens is 4. The summed E-state index contributed by atoms with van der Waals surface area (Å²) in [6.07, 6.45) is 1.88. The largest absolute Gasteiger partial charge is 0.384 e. The summed E-state index contributed by atoms with van der Waals surface area (Å²) in [7, 11) is 0. The van der Waals surface area contributed by atoms with Crippen LogP contribution < -0.4 is 16.4 Å². The number of aromatic nitrogens is 1. The number of nitrogen functional groups attached to an aromatic ring is 1. The smallest absolute Gasteiger partial charge is 0.123 e. The highest BCUT2D eigenvalue weighted by Crippen LogP contribution is 2.19. The second-order valence-electron chi connectivity index (χ2n) is 7.22. The van der Waals surface area contributed by atoms with Crippen molar-refractivity contribution in [2.75, 3.05) is 38.5 Å². The third-order valence-corrected chi connectivity index (χ3v) is 4.88. The van der Waals surface area contributed by atoms with Gasteiger partial charge in [0.1, 0.15) is 11.6 Å². The Bertz CT molecular complexity index is 734. The minimum atomic E-state index is -0.180. The Morgan fingerprint density at radius 3 is 2.70 bits per heavy atom. The van der Waals surface area contributed by atoms with Crippen LogP contribution in [0, 0.1) is 18.7 Å². The molecule has 1 fully saturated rings. The monoisotopic (exact) mass is 480 g/mol. The van der Waals surface area contributed by atoms with E-state index in [1.54, 1.807) is 12.1 Å². The van der Waals surface area contributed by atoms with E-state index in [9.17, 15) is 4.39 Å². The number of hydrogen-bond donors (Lipinski definition) is 3. The number of nitrogens with zero attached hydrogens (tertiary/aromatic N) is 1. The van der Waals surface area contributed by atoms with Gasteiger partial charge in [0.25, 0.3) is 0 Å². The first-order valence-electron chi connectivity index (χ1n) is 9.60. The van der Waals surface area contributed by atoms with E-state index in [0.717, 1.165) is 55.8 Å². The highest BCUT2D eigenvalue weighted by atomic mass is 35.5. The fourth-order valence-electron chi connectivity index (χ4n) is 3.58. The van der Waals surface area contributed by atoms with Crippen molar-refractivity contribution in [1.29, 1.82) is 0 Å². The molecule has 5 nitrogen and oxygen atoms in total. The summed E-state index contributed by atoms with van der Waals surface area (Å²) in [5.41, 5.74) is 9.04. The molecular weight excluding hydrogens is 450 g/mol. The van der Waals surface area contributed by atoms with Crippen molar-refractivity contribution < 1.29 is 9.13 Å². The molecule has 0 radical (unpaired) electrons. The van der Waals surface area contributed by atoms with Gasteiger partial charge in [-0.05, 0) is 61.7 Å². The van der Waals surface area contributed by atoms with E-state index in [-0.39, 0.29) is 49.1 Å². The lowest BCUT2D eigenvalue weighted by molar-refractivity contribution is 0.0397. The van der Waals surface area contributed by atoms with Crippen LogP contribution >= 0.6 is 37.2 Å². The van der Waals surface area contributed by atoms with Crippen LogP contribution in [0.1, 0.15) is 16.8 Å². The maximum atomic E-state index is 13.1. The fourth-order valence-corrected chi connectivity index (χ4v) is 3.58. The Balaban J connectivity index is 0.00000280. The summed E-state index contributed by atoms with van der Waals surface area (Å²) in [5.74, 6) is 0.808. The van der Waals surface area contributed by atoms with E-state index in [2.05, 4.69) is 21.7 Å². The molecule has 2 atom stereocenters. The Kier molecular flexibility index (Phi) is 14.2. The summed E-state index contributed by atoms with van der Waals surface area (Å²) in [4.78, 5) is 4.44. The summed E-state index contributed by atoms with van der Waals surface area (Å²) in [5, 5.41) is 6.77. The van der Waals surface area contributed by atoms with Gasteiger partial charge in [0.05, 0.1) is 12.7 Å². The van der Waals surface area contributed by atoms with Gasteiger partial charge in [0.2, 0.25) is 0 Å². The lowest BCUT2D eigenvalue weighted by atomic mass is 9.99. The first kappa shape index (κ1) is 28.9. The van der Waals surface area contributed by atoms with Crippen molar-refractivity contribution in [2.24, 2.45) is 5.92 Å². The Labute approximate surface area is 197 Å². The molecule has 0 aliphatic carbocycles. The fraction of sp³-hybridized carbons (Fsp3) is 0.476. The maximum absolute atomic E-state index is 13.1. The normalized spacial score (nSPS) is 17.5. The molecule has 4 N–H and O–H groups in total. The van der Waals surface area contributed by atoms with E-state index >= 15 is 0 Å². The van der Waals surface area contributed by atoms with Crippen molar-refractivity contribution in [3.63, 3.8) is 0 Å². The highest BCUT2D eigenvalue weighted by Gasteiger charge is 2.28. The average Bonchev–Trinajstić information content (AvgIpc) is 3.04. The summed E-state index contributed by atoms with van der Waals surface area (Å²) < 4.78 is 19.2. The number of aryl methyl sites for hydroxylation is 1. The molecule has 0 bridgehead atoms. The minimum Gasteiger partial charge on any atom is -0.384 e. The minimum absolute atomic E-state index is 0. The molecule has 1 aromatic carbocycles. The average molecular weight is 482 g/mol. The molecule has 0 spiro atoms. The quantitative estimate of drug-likeness (QED) is 0.479. The highest BCUT2D eigenvalue weighted by molar-refractivity contribution is 5.86. The van der Waals surface area contributed by atoms with Crippen LogP contribution in [-0.4, -0.2) is 43.9 Å². The Morgan fingerprint density at radius 2 is 1.97 bits per heavy atom. The van der Waals surface area contributed by atoms with E-state index < -0.39 is 0 Å². The lowest BCUT2D eigenvalue weighted by Crippen LogP contribution is -2.29. The molecule has 0 amide bonds. The predicted molar refractivity (Wildman–Crippen MR) is 128 cm³/mol. The summed E-state index contributed by atoms with van der Waals surface area (Å²) in [6, 6.07) is 10.7. The van der Waals surface area contributed by atoms with Crippen LogP contribution in [0.4, 0.5) is 10.2 Å². The molecule has 0 saturated carbocycles. The molecular formula is C21H32Cl3FN4O. The van der Waals surface area contributed by atoms with Gasteiger partial charge in [-0.3, -0.25) is 0 Å². The summed E-state index contributed by atoms with van der Waals surface area (Å²) >= 11 is 0. The predicted octanol–water partition coefficient (Wildman–Crippen LogP) is 3.36. The maximum Gasteiger partial charge on any atom is 0.123 e. The molecule has 1 aliphatic rings. The van der Waals surface area contributed by atoms with Gasteiger partial charge < -0.3 is 21.1 Å². The molecule has 1 saturated heterocycles. The van der Waals surface area contributed by atoms with Crippen LogP contribution in [0.2, 0.25) is 0 Å². The molecule has 1 aliphatic heterocycles. The second kappa shape index (κ2) is 14.8. The van der Waals surface area contributed by atoms with Gasteiger partial charge in [0, 0.05) is 31.2 Å². The number of rotatable bonds is 9. The van der Waals surface area contributed by atoms with Crippen molar-refractivity contribution in [3.8, 4) is 0 Å². The summed E-state index contributed by atoms with van der Waals surface area (Å²) in [6.45, 7) is 6.11. The van der Waals surface area contributed by atoms with E-state index in [1.807, 2.05) is 19.1 Å². The Morgan fingerprint density at radius 1 is 1.17 bits per heavy atom. The van der Waals surface area contributed by atoms with Gasteiger partial charge in [-0.25, -0.2) is 9.37 Å². The molecule has 2 heterocycles. The molecule has 9 heteroatoms. The molecule has 170 valence electrons. The second-order valence-corrected chi connectivity index (χ2v) is 7.22. The molecule has 1 aromatic heterocycles. The van der Waals surface area contributed by atoms with Crippen molar-refractivity contribution in [2.45, 2.75) is 25.9 Å². The van der Waals surface area contributed by atoms with Crippen LogP contribution in [0.25, 0.3) is 0 Å². The number of ether oxygens (including phenoxy) is 1. The third kappa shape index (κ3) is 9.33. The third-order valence-electron chi connectivity index (χ3n) is 4.88. The number of hydrogen-bond acceptors (Lipinski definition) is 5. The number of benzene rings is 1. The molecule has 30 heavy (non-hydrogen) atoms. The lowest BCUT2D eigenvalue weighted by Gasteiger charge is -2.19. The van der Waals surface area contributed by atoms with Gasteiger partial charge in [-0.2, -0.15) is 0 Å². The number of nitrogens with one attached hydrogen (secondary N) is 2. The van der Waals surface area contributed by atoms with E-state index in [4.69, 9.17) is 10.5 Å². The van der Waals surface area contributed by atoms with Gasteiger partial charge in [0.15, 0.2) is 0 Å². The van der Waals surface area contributed by atoms with Crippen LogP contribution in [0.5, 0.6) is 0 Å². The van der Waals surface area contributed by atoms with Gasteiger partial charge in [-0.1, -0.05) is 12.1 Å². The van der Waals surface area contributed by atoms with E-state index in [0.29, 0.717) is 18.3 Å². The van der Waals surface area contributed by atoms with Crippen LogP contribution in [0.3, 0.4) is 0 Å². The number of pyridine rings is 1. The molecule has 3 rings (SSSR count). The SMILES string of the molecule is Cc1cc(N)nc(C[C@H]2CNC[C@H]2OCCNCCc2cccc(F)c2)c1.Cl.Cl.Cl. The standard InChI is InChI=1S/C21H29FN4O.3ClH/c1-15-9-19(26-21(23)10-15)12-17-13-25-14-20(17)27-8-7-24-6-5-16-3-2-4-18(22)11-16;;;/h2-4,9-11,17,20,24-25H,5-8,12-14H2,1H3,(H2,23,26);3*1H/t17-,20+;;;/m0.../s1. The first-order chi connectivity index (χ1) is 13.1. The first-order valence-corrected chi connectivity index (χ1v) is 9.60.